The molecule has 0 spiro atoms. The van der Waals surface area contributed by atoms with Gasteiger partial charge in [-0.05, 0) is 64.0 Å². The number of aromatic nitrogens is 3. The van der Waals surface area contributed by atoms with Crippen molar-refractivity contribution in [2.45, 2.75) is 71.9 Å². The normalized spacial score (nSPS) is 20.0. The van der Waals surface area contributed by atoms with Gasteiger partial charge in [0.2, 0.25) is 5.91 Å². The highest BCUT2D eigenvalue weighted by molar-refractivity contribution is 5.89. The van der Waals surface area contributed by atoms with Gasteiger partial charge in [0.15, 0.2) is 0 Å². The van der Waals surface area contributed by atoms with E-state index in [1.54, 1.807) is 6.20 Å². The third kappa shape index (κ3) is 3.91. The molecule has 164 valence electrons. The lowest BCUT2D eigenvalue weighted by Gasteiger charge is -2.29. The molecular weight excluding hydrogens is 388 g/mol. The summed E-state index contributed by atoms with van der Waals surface area (Å²) in [7, 11) is 0. The number of rotatable bonds is 5. The fraction of sp³-hybridized carbons (Fsp3) is 0.480. The summed E-state index contributed by atoms with van der Waals surface area (Å²) < 4.78 is 3.47. The quantitative estimate of drug-likeness (QED) is 0.663. The molecule has 0 radical (unpaired) electrons. The second-order valence-electron chi connectivity index (χ2n) is 8.92. The van der Waals surface area contributed by atoms with Gasteiger partial charge in [0.05, 0.1) is 17.3 Å². The zero-order valence-corrected chi connectivity index (χ0v) is 18.9. The smallest absolute Gasteiger partial charge is 0.281 e. The maximum absolute atomic E-state index is 13.3. The molecule has 3 aromatic rings. The average molecular weight is 421 g/mol. The van der Waals surface area contributed by atoms with Crippen molar-refractivity contribution in [2.24, 2.45) is 5.92 Å². The van der Waals surface area contributed by atoms with E-state index in [9.17, 15) is 9.59 Å². The van der Waals surface area contributed by atoms with Gasteiger partial charge in [-0.3, -0.25) is 9.59 Å². The Balaban J connectivity index is 1.72. The number of carbonyl (C=O) groups is 1. The number of benzene rings is 1. The zero-order chi connectivity index (χ0) is 22.1. The summed E-state index contributed by atoms with van der Waals surface area (Å²) in [4.78, 5) is 26.6. The van der Waals surface area contributed by atoms with E-state index in [4.69, 9.17) is 0 Å². The molecule has 1 aromatic carbocycles. The number of hydrogen-bond donors (Lipinski definition) is 1. The molecule has 0 bridgehead atoms. The third-order valence-corrected chi connectivity index (χ3v) is 6.82. The Hall–Kier alpha value is -2.89. The van der Waals surface area contributed by atoms with E-state index in [0.29, 0.717) is 11.8 Å². The Labute approximate surface area is 183 Å². The molecule has 1 atom stereocenters. The van der Waals surface area contributed by atoms with Gasteiger partial charge in [-0.2, -0.15) is 9.78 Å². The van der Waals surface area contributed by atoms with Crippen molar-refractivity contribution in [1.82, 2.24) is 19.7 Å². The van der Waals surface area contributed by atoms with Crippen LogP contribution in [0.2, 0.25) is 0 Å². The first-order valence-corrected chi connectivity index (χ1v) is 11.4. The Morgan fingerprint density at radius 2 is 1.81 bits per heavy atom. The van der Waals surface area contributed by atoms with Gasteiger partial charge < -0.3 is 9.88 Å². The van der Waals surface area contributed by atoms with Crippen molar-refractivity contribution in [3.8, 4) is 5.69 Å². The minimum Gasteiger partial charge on any atom is -0.352 e. The van der Waals surface area contributed by atoms with Crippen LogP contribution < -0.4 is 10.9 Å². The summed E-state index contributed by atoms with van der Waals surface area (Å²) in [5, 5.41) is 9.14. The molecule has 1 aliphatic rings. The first-order valence-electron chi connectivity index (χ1n) is 11.4. The van der Waals surface area contributed by atoms with E-state index < -0.39 is 0 Å². The fourth-order valence-corrected chi connectivity index (χ4v) is 4.99. The van der Waals surface area contributed by atoms with Crippen molar-refractivity contribution in [1.29, 1.82) is 0 Å². The molecule has 4 rings (SSSR count). The van der Waals surface area contributed by atoms with E-state index in [1.807, 2.05) is 55.7 Å². The van der Waals surface area contributed by atoms with E-state index in [0.717, 1.165) is 54.1 Å². The molecular formula is C25H32N4O2. The lowest BCUT2D eigenvalue weighted by Crippen LogP contribution is -2.41. The highest BCUT2D eigenvalue weighted by Gasteiger charge is 2.28. The largest absolute Gasteiger partial charge is 0.352 e. The standard InChI is InChI=1S/C25H32N4O2/c1-5-22(24(30)27-19-13-11-16(2)12-14-19)28-17(3)21-15-26-29(20-9-7-6-8-10-20)25(31)23(21)18(28)4/h6-10,15-16,19,22H,5,11-14H2,1-4H3,(H,27,30)/t16?,19?,22-/m0/s1. The summed E-state index contributed by atoms with van der Waals surface area (Å²) in [6.45, 7) is 8.21. The van der Waals surface area contributed by atoms with Gasteiger partial charge >= 0.3 is 0 Å². The Bertz CT molecular complexity index is 1140. The molecule has 2 heterocycles. The van der Waals surface area contributed by atoms with Gasteiger partial charge in [-0.25, -0.2) is 0 Å². The van der Waals surface area contributed by atoms with Crippen molar-refractivity contribution in [3.05, 3.63) is 58.3 Å². The summed E-state index contributed by atoms with van der Waals surface area (Å²) in [5.74, 6) is 0.790. The van der Waals surface area contributed by atoms with Crippen LogP contribution in [0.3, 0.4) is 0 Å². The predicted octanol–water partition coefficient (Wildman–Crippen LogP) is 4.45. The first-order chi connectivity index (χ1) is 14.9. The van der Waals surface area contributed by atoms with E-state index >= 15 is 0 Å². The van der Waals surface area contributed by atoms with Gasteiger partial charge in [0, 0.05) is 22.8 Å². The molecule has 1 aliphatic carbocycles. The van der Waals surface area contributed by atoms with E-state index in [2.05, 4.69) is 17.3 Å². The average Bonchev–Trinajstić information content (AvgIpc) is 3.02. The van der Waals surface area contributed by atoms with Crippen molar-refractivity contribution in [3.63, 3.8) is 0 Å². The third-order valence-electron chi connectivity index (χ3n) is 6.82. The minimum atomic E-state index is -0.337. The predicted molar refractivity (Wildman–Crippen MR) is 124 cm³/mol. The summed E-state index contributed by atoms with van der Waals surface area (Å²) >= 11 is 0. The second-order valence-corrected chi connectivity index (χ2v) is 8.92. The maximum atomic E-state index is 13.3. The Morgan fingerprint density at radius 3 is 2.45 bits per heavy atom. The number of nitrogens with one attached hydrogen (secondary N) is 1. The molecule has 1 fully saturated rings. The monoisotopic (exact) mass is 420 g/mol. The van der Waals surface area contributed by atoms with Crippen molar-refractivity contribution in [2.75, 3.05) is 0 Å². The highest BCUT2D eigenvalue weighted by Crippen LogP contribution is 2.29. The zero-order valence-electron chi connectivity index (χ0n) is 18.9. The summed E-state index contributed by atoms with van der Waals surface area (Å²) in [6, 6.07) is 9.34. The van der Waals surface area contributed by atoms with Crippen molar-refractivity contribution < 1.29 is 4.79 Å². The molecule has 1 saturated carbocycles. The Kier molecular flexibility index (Phi) is 5.99. The number of fused-ring (bicyclic) bond motifs is 1. The SMILES string of the molecule is CC[C@@H](C(=O)NC1CCC(C)CC1)n1c(C)c2cnn(-c3ccccc3)c(=O)c2c1C. The number of nitrogens with zero attached hydrogens (tertiary/aromatic N) is 3. The lowest BCUT2D eigenvalue weighted by atomic mass is 9.87. The van der Waals surface area contributed by atoms with Gasteiger partial charge in [-0.15, -0.1) is 0 Å². The van der Waals surface area contributed by atoms with Gasteiger partial charge in [0.1, 0.15) is 6.04 Å². The molecule has 31 heavy (non-hydrogen) atoms. The number of para-hydroxylation sites is 1. The first kappa shape index (κ1) is 21.3. The lowest BCUT2D eigenvalue weighted by molar-refractivity contribution is -0.125. The van der Waals surface area contributed by atoms with Crippen LogP contribution in [-0.2, 0) is 4.79 Å². The van der Waals surface area contributed by atoms with Crippen LogP contribution in [0.1, 0.15) is 63.4 Å². The van der Waals surface area contributed by atoms with Crippen LogP contribution in [-0.4, -0.2) is 26.3 Å². The number of aryl methyl sites for hydroxylation is 2. The van der Waals surface area contributed by atoms with Crippen LogP contribution in [0.25, 0.3) is 16.5 Å². The van der Waals surface area contributed by atoms with Crippen molar-refractivity contribution >= 4 is 16.7 Å². The second kappa shape index (κ2) is 8.69. The molecule has 6 nitrogen and oxygen atoms in total. The number of amides is 1. The molecule has 2 aromatic heterocycles. The molecule has 0 unspecified atom stereocenters. The Morgan fingerprint density at radius 1 is 1.13 bits per heavy atom. The number of carbonyl (C=O) groups excluding carboxylic acids is 1. The topological polar surface area (TPSA) is 68.9 Å². The molecule has 0 aliphatic heterocycles. The van der Waals surface area contributed by atoms with Crippen LogP contribution in [0.5, 0.6) is 0 Å². The van der Waals surface area contributed by atoms with E-state index in [1.165, 1.54) is 4.68 Å². The van der Waals surface area contributed by atoms with Gasteiger partial charge in [-0.1, -0.05) is 32.0 Å². The van der Waals surface area contributed by atoms with Crippen LogP contribution in [0.4, 0.5) is 0 Å². The minimum absolute atomic E-state index is 0.0462. The maximum Gasteiger partial charge on any atom is 0.281 e. The molecule has 0 saturated heterocycles. The molecule has 6 heteroatoms. The molecule has 1 N–H and O–H groups in total. The van der Waals surface area contributed by atoms with Crippen LogP contribution >= 0.6 is 0 Å². The number of hydrogen-bond acceptors (Lipinski definition) is 3. The summed E-state index contributed by atoms with van der Waals surface area (Å²) in [5.41, 5.74) is 2.32. The van der Waals surface area contributed by atoms with Crippen LogP contribution in [0, 0.1) is 19.8 Å². The van der Waals surface area contributed by atoms with Crippen LogP contribution in [0.15, 0.2) is 41.3 Å². The van der Waals surface area contributed by atoms with Gasteiger partial charge in [0.25, 0.3) is 5.56 Å². The fourth-order valence-electron chi connectivity index (χ4n) is 4.99. The highest BCUT2D eigenvalue weighted by atomic mass is 16.2. The molecule has 1 amide bonds. The summed E-state index contributed by atoms with van der Waals surface area (Å²) in [6.07, 6.45) is 6.82. The van der Waals surface area contributed by atoms with E-state index in [-0.39, 0.29) is 23.6 Å².